The van der Waals surface area contributed by atoms with Crippen molar-refractivity contribution in [3.05, 3.63) is 62.5 Å². The number of nitrogens with two attached hydrogens (primary N) is 1. The van der Waals surface area contributed by atoms with Gasteiger partial charge in [-0.1, -0.05) is 11.2 Å². The number of nitrogens with one attached hydrogen (secondary N) is 1. The normalized spacial score (nSPS) is 18.4. The van der Waals surface area contributed by atoms with Crippen LogP contribution in [0.2, 0.25) is 0 Å². The number of aryl methyl sites for hydroxylation is 1. The summed E-state index contributed by atoms with van der Waals surface area (Å²) in [5, 5.41) is 37.2. The number of thiazole rings is 1. The Morgan fingerprint density at radius 3 is 2.57 bits per heavy atom. The van der Waals surface area contributed by atoms with Crippen LogP contribution in [0, 0.1) is 0 Å². The number of carbonyl (C=O) groups excluding carboxylic acids is 3. The van der Waals surface area contributed by atoms with Crippen LogP contribution < -0.4 is 16.6 Å². The molecule has 0 bridgehead atoms. The number of hydrogen-bond donors (Lipinski definition) is 5. The van der Waals surface area contributed by atoms with E-state index >= 15 is 0 Å². The largest absolute Gasteiger partial charge is 0.506 e. The average molecular weight is 673 g/mol. The Hall–Kier alpha value is -5.43. The van der Waals surface area contributed by atoms with Crippen LogP contribution in [0.5, 0.6) is 5.75 Å². The van der Waals surface area contributed by atoms with E-state index in [0.29, 0.717) is 0 Å². The molecular formula is C27H24N6O11S2. The molecule has 2 aromatic heterocycles. The topological polar surface area (TPSA) is 253 Å². The van der Waals surface area contributed by atoms with Gasteiger partial charge >= 0.3 is 17.9 Å². The number of pyridine rings is 1. The van der Waals surface area contributed by atoms with Gasteiger partial charge in [-0.25, -0.2) is 14.6 Å². The Morgan fingerprint density at radius 2 is 1.93 bits per heavy atom. The maximum Gasteiger partial charge on any atom is 0.352 e. The second-order valence-corrected chi connectivity index (χ2v) is 11.9. The van der Waals surface area contributed by atoms with Crippen molar-refractivity contribution in [1.29, 1.82) is 0 Å². The zero-order chi connectivity index (χ0) is 33.4. The summed E-state index contributed by atoms with van der Waals surface area (Å²) in [6, 6.07) is 3.74. The molecule has 2 aliphatic rings. The van der Waals surface area contributed by atoms with E-state index in [4.69, 9.17) is 15.3 Å². The number of amides is 2. The molecular weight excluding hydrogens is 648 g/mol. The van der Waals surface area contributed by atoms with Gasteiger partial charge in [-0.05, 0) is 12.1 Å². The van der Waals surface area contributed by atoms with Crippen molar-refractivity contribution in [2.45, 2.75) is 24.4 Å². The average Bonchev–Trinajstić information content (AvgIpc) is 3.43. The summed E-state index contributed by atoms with van der Waals surface area (Å²) >= 11 is 2.08. The number of thioether (sulfide) groups is 1. The number of aliphatic carboxylic acids is 2. The molecule has 46 heavy (non-hydrogen) atoms. The van der Waals surface area contributed by atoms with Crippen molar-refractivity contribution in [2.75, 3.05) is 18.1 Å². The lowest BCUT2D eigenvalue weighted by Gasteiger charge is -2.49. The van der Waals surface area contributed by atoms with E-state index in [-0.39, 0.29) is 56.7 Å². The van der Waals surface area contributed by atoms with Gasteiger partial charge in [-0.3, -0.25) is 24.1 Å². The maximum absolute atomic E-state index is 13.5. The van der Waals surface area contributed by atoms with Gasteiger partial charge in [-0.2, -0.15) is 0 Å². The van der Waals surface area contributed by atoms with Crippen LogP contribution in [-0.4, -0.2) is 89.0 Å². The van der Waals surface area contributed by atoms with Crippen LogP contribution in [0.3, 0.4) is 0 Å². The number of phenolic OH excluding ortho intramolecular Hbond substituents is 1. The fraction of sp³-hybridized carbons (Fsp3) is 0.259. The van der Waals surface area contributed by atoms with Gasteiger partial charge in [0.25, 0.3) is 17.4 Å². The van der Waals surface area contributed by atoms with Gasteiger partial charge in [0, 0.05) is 47.7 Å². The molecule has 1 saturated heterocycles. The number of hydrogen-bond acceptors (Lipinski definition) is 14. The highest BCUT2D eigenvalue weighted by atomic mass is 32.2. The van der Waals surface area contributed by atoms with E-state index < -0.39 is 58.5 Å². The lowest BCUT2D eigenvalue weighted by molar-refractivity contribution is -0.151. The monoisotopic (exact) mass is 672 g/mol. The molecule has 17 nitrogen and oxygen atoms in total. The van der Waals surface area contributed by atoms with Crippen molar-refractivity contribution in [3.63, 3.8) is 0 Å². The van der Waals surface area contributed by atoms with Gasteiger partial charge in [0.1, 0.15) is 35.2 Å². The van der Waals surface area contributed by atoms with Crippen LogP contribution in [0.15, 0.2) is 50.9 Å². The lowest BCUT2D eigenvalue weighted by Crippen LogP contribution is -2.71. The molecule has 3 aromatic rings. The van der Waals surface area contributed by atoms with Crippen molar-refractivity contribution in [3.8, 4) is 5.75 Å². The third-order valence-electron chi connectivity index (χ3n) is 7.01. The number of β-lactam (4-membered cyclic amide) rings is 1. The Balaban J connectivity index is 1.44. The van der Waals surface area contributed by atoms with Crippen LogP contribution in [0.25, 0.3) is 10.9 Å². The molecule has 0 radical (unpaired) electrons. The van der Waals surface area contributed by atoms with E-state index in [2.05, 4.69) is 15.5 Å². The van der Waals surface area contributed by atoms with Gasteiger partial charge in [-0.15, -0.1) is 23.1 Å². The molecule has 1 aromatic carbocycles. The van der Waals surface area contributed by atoms with Gasteiger partial charge in [0.15, 0.2) is 10.8 Å². The number of benzene rings is 1. The zero-order valence-corrected chi connectivity index (χ0v) is 25.5. The van der Waals surface area contributed by atoms with Crippen molar-refractivity contribution in [2.24, 2.45) is 12.2 Å². The number of nitrogen functional groups attached to an aromatic ring is 1. The standard InChI is InChI=1S/C27H24N6O11S2/c1-10(34)43-7-11-8-45-24-18(23(38)33(24)19(11)25(39)40)30-22(37)17(14-9-46-27(28)29-14)31-44-21(26(41)42)13-3-5-15(35)20-12(13)4-6-16(36)32(20)2/h3-6,9,18,21,24,35H,7-8H2,1-2H3,(H2,28,29)(H,30,37)(H,39,40)(H,41,42)/b31-17-/t18-,21?,24-/m1/s1. The van der Waals surface area contributed by atoms with E-state index in [1.165, 1.54) is 36.7 Å². The predicted octanol–water partition coefficient (Wildman–Crippen LogP) is 0.131. The quantitative estimate of drug-likeness (QED) is 0.0831. The number of oxime groups is 1. The smallest absolute Gasteiger partial charge is 0.352 e. The number of carboxylic acid groups (broad SMARTS) is 2. The first-order chi connectivity index (χ1) is 21.8. The van der Waals surface area contributed by atoms with Crippen LogP contribution in [0.4, 0.5) is 5.13 Å². The minimum absolute atomic E-state index is 0.00170. The number of carbonyl (C=O) groups is 5. The third-order valence-corrected chi connectivity index (χ3v) is 9.02. The van der Waals surface area contributed by atoms with Crippen molar-refractivity contribution in [1.82, 2.24) is 19.8 Å². The fourth-order valence-corrected chi connectivity index (χ4v) is 6.75. The first kappa shape index (κ1) is 32.0. The van der Waals surface area contributed by atoms with Crippen molar-refractivity contribution < 1.29 is 48.9 Å². The molecule has 0 saturated carbocycles. The van der Waals surface area contributed by atoms with Gasteiger partial charge in [0.05, 0.1) is 5.52 Å². The number of esters is 1. The fourth-order valence-electron chi connectivity index (χ4n) is 4.88. The molecule has 4 heterocycles. The van der Waals surface area contributed by atoms with E-state index in [0.717, 1.165) is 39.5 Å². The Labute approximate surface area is 265 Å². The lowest BCUT2D eigenvalue weighted by atomic mass is 10.0. The Bertz CT molecular complexity index is 1930. The number of phenols is 1. The second-order valence-electron chi connectivity index (χ2n) is 9.90. The highest BCUT2D eigenvalue weighted by molar-refractivity contribution is 8.00. The summed E-state index contributed by atoms with van der Waals surface area (Å²) in [5.74, 6) is -5.53. The molecule has 3 atom stereocenters. The second kappa shape index (κ2) is 12.5. The van der Waals surface area contributed by atoms with Crippen LogP contribution in [-0.2, 0) is 40.6 Å². The number of rotatable bonds is 10. The minimum Gasteiger partial charge on any atom is -0.506 e. The minimum atomic E-state index is -1.84. The molecule has 240 valence electrons. The van der Waals surface area contributed by atoms with Gasteiger partial charge in [0.2, 0.25) is 6.10 Å². The molecule has 5 rings (SSSR count). The molecule has 2 amide bonds. The van der Waals surface area contributed by atoms with Crippen molar-refractivity contribution >= 4 is 74.6 Å². The summed E-state index contributed by atoms with van der Waals surface area (Å²) in [6.45, 7) is 0.835. The molecule has 1 unspecified atom stereocenters. The summed E-state index contributed by atoms with van der Waals surface area (Å²) in [4.78, 5) is 84.7. The third kappa shape index (κ3) is 5.84. The molecule has 1 fully saturated rings. The predicted molar refractivity (Wildman–Crippen MR) is 162 cm³/mol. The summed E-state index contributed by atoms with van der Waals surface area (Å²) in [6.07, 6.45) is -1.84. The van der Waals surface area contributed by atoms with E-state index in [1.807, 2.05) is 0 Å². The Kier molecular flexibility index (Phi) is 8.70. The summed E-state index contributed by atoms with van der Waals surface area (Å²) < 4.78 is 6.04. The first-order valence-corrected chi connectivity index (χ1v) is 15.1. The number of aromatic hydroxyl groups is 1. The number of aromatic nitrogens is 2. The Morgan fingerprint density at radius 1 is 1.20 bits per heavy atom. The number of nitrogens with zero attached hydrogens (tertiary/aromatic N) is 4. The number of anilines is 1. The number of carboxylic acids is 2. The van der Waals surface area contributed by atoms with Gasteiger partial charge < -0.3 is 40.5 Å². The van der Waals surface area contributed by atoms with Crippen LogP contribution in [0.1, 0.15) is 24.3 Å². The number of ether oxygens (including phenoxy) is 1. The molecule has 0 spiro atoms. The summed E-state index contributed by atoms with van der Waals surface area (Å²) in [7, 11) is 1.39. The van der Waals surface area contributed by atoms with E-state index in [1.54, 1.807) is 0 Å². The number of fused-ring (bicyclic) bond motifs is 2. The molecule has 0 aliphatic carbocycles. The molecule has 6 N–H and O–H groups in total. The highest BCUT2D eigenvalue weighted by Crippen LogP contribution is 2.40. The first-order valence-electron chi connectivity index (χ1n) is 13.1. The van der Waals surface area contributed by atoms with E-state index in [9.17, 15) is 44.1 Å². The van der Waals surface area contributed by atoms with Crippen LogP contribution >= 0.6 is 23.1 Å². The molecule has 19 heteroatoms. The maximum atomic E-state index is 13.5. The highest BCUT2D eigenvalue weighted by Gasteiger charge is 2.54. The SMILES string of the molecule is CC(=O)OCC1=C(C(=O)O)N2C(=O)[C@@H](NC(=O)/C(=N\OC(C(=O)O)c3ccc(O)c4c3ccc(=O)n4C)c3csc(N)n3)[C@H]2SC1. The molecule has 2 aliphatic heterocycles. The zero-order valence-electron chi connectivity index (χ0n) is 23.8. The summed E-state index contributed by atoms with van der Waals surface area (Å²) in [5.41, 5.74) is 4.53.